The van der Waals surface area contributed by atoms with Crippen LogP contribution >= 0.6 is 0 Å². The summed E-state index contributed by atoms with van der Waals surface area (Å²) >= 11 is 0. The van der Waals surface area contributed by atoms with Crippen molar-refractivity contribution in [3.05, 3.63) is 49.4 Å². The molecule has 2 N–H and O–H groups in total. The molecule has 2 rings (SSSR count). The number of aromatic amines is 1. The number of aryl methyl sites for hydroxylation is 1. The first-order chi connectivity index (χ1) is 12.9. The predicted octanol–water partition coefficient (Wildman–Crippen LogP) is 2.54. The number of H-pyrrole nitrogens is 1. The van der Waals surface area contributed by atoms with Gasteiger partial charge in [-0.15, -0.1) is 0 Å². The Hall–Kier alpha value is -3.43. The van der Waals surface area contributed by atoms with E-state index >= 15 is 0 Å². The van der Waals surface area contributed by atoms with Gasteiger partial charge in [-0.05, 0) is 26.3 Å². The van der Waals surface area contributed by atoms with E-state index in [1.807, 2.05) is 6.92 Å². The fraction of sp³-hybridized carbons (Fsp3) is 0.353. The molecule has 0 saturated carbocycles. The zero-order valence-corrected chi connectivity index (χ0v) is 15.5. The van der Waals surface area contributed by atoms with Gasteiger partial charge in [-0.3, -0.25) is 19.9 Å². The quantitative estimate of drug-likeness (QED) is 0.411. The smallest absolute Gasteiger partial charge is 0.315 e. The minimum Gasteiger partial charge on any atom is -0.493 e. The Morgan fingerprint density at radius 1 is 1.41 bits per heavy atom. The number of nitrogens with zero attached hydrogens (tertiary/aromatic N) is 3. The molecule has 144 valence electrons. The average molecular weight is 375 g/mol. The molecule has 0 aliphatic heterocycles. The van der Waals surface area contributed by atoms with E-state index in [2.05, 4.69) is 20.5 Å². The lowest BCUT2D eigenvalue weighted by Crippen LogP contribution is -2.15. The van der Waals surface area contributed by atoms with E-state index in [1.165, 1.54) is 19.4 Å². The van der Waals surface area contributed by atoms with Gasteiger partial charge in [-0.2, -0.15) is 5.10 Å². The van der Waals surface area contributed by atoms with Crippen LogP contribution in [-0.4, -0.2) is 34.8 Å². The maximum atomic E-state index is 11.7. The van der Waals surface area contributed by atoms with Gasteiger partial charge in [0.25, 0.3) is 5.56 Å². The van der Waals surface area contributed by atoms with Crippen LogP contribution in [-0.2, 0) is 0 Å². The predicted molar refractivity (Wildman–Crippen MR) is 101 cm³/mol. The van der Waals surface area contributed by atoms with Gasteiger partial charge in [-0.25, -0.2) is 10.4 Å². The third-order valence-corrected chi connectivity index (χ3v) is 3.70. The highest BCUT2D eigenvalue weighted by molar-refractivity contribution is 5.83. The number of ether oxygens (including phenoxy) is 2. The van der Waals surface area contributed by atoms with E-state index in [1.54, 1.807) is 19.9 Å². The number of benzene rings is 1. The molecule has 0 aliphatic carbocycles. The molecule has 2 aromatic rings. The van der Waals surface area contributed by atoms with Crippen molar-refractivity contribution in [2.75, 3.05) is 19.1 Å². The molecule has 1 heterocycles. The van der Waals surface area contributed by atoms with Crippen molar-refractivity contribution in [2.24, 2.45) is 5.10 Å². The highest BCUT2D eigenvalue weighted by Crippen LogP contribution is 2.38. The lowest BCUT2D eigenvalue weighted by atomic mass is 10.2. The number of hydrazone groups is 1. The minimum absolute atomic E-state index is 0.0783. The molecule has 0 atom stereocenters. The molecule has 0 fully saturated rings. The van der Waals surface area contributed by atoms with E-state index in [0.29, 0.717) is 29.8 Å². The van der Waals surface area contributed by atoms with Gasteiger partial charge in [0.1, 0.15) is 0 Å². The number of anilines is 1. The fourth-order valence-corrected chi connectivity index (χ4v) is 2.19. The Morgan fingerprint density at radius 2 is 2.15 bits per heavy atom. The molecule has 0 unspecified atom stereocenters. The number of hydrogen-bond donors (Lipinski definition) is 2. The zero-order chi connectivity index (χ0) is 20.0. The summed E-state index contributed by atoms with van der Waals surface area (Å²) < 4.78 is 10.7. The van der Waals surface area contributed by atoms with Crippen LogP contribution in [0.1, 0.15) is 30.2 Å². The Kier molecular flexibility index (Phi) is 6.47. The molecule has 0 bridgehead atoms. The maximum absolute atomic E-state index is 11.7. The molecule has 0 radical (unpaired) electrons. The number of aromatic nitrogens is 2. The van der Waals surface area contributed by atoms with Crippen LogP contribution in [0.15, 0.2) is 22.0 Å². The van der Waals surface area contributed by atoms with Crippen LogP contribution in [0.2, 0.25) is 0 Å². The second-order valence-electron chi connectivity index (χ2n) is 5.67. The summed E-state index contributed by atoms with van der Waals surface area (Å²) in [7, 11) is 1.40. The summed E-state index contributed by atoms with van der Waals surface area (Å²) in [6.07, 6.45) is 2.06. The normalized spacial score (nSPS) is 10.8. The van der Waals surface area contributed by atoms with E-state index in [4.69, 9.17) is 9.47 Å². The Bertz CT molecular complexity index is 923. The number of nitro groups is 1. The van der Waals surface area contributed by atoms with Crippen LogP contribution in [0.4, 0.5) is 11.6 Å². The highest BCUT2D eigenvalue weighted by atomic mass is 16.6. The second kappa shape index (κ2) is 8.79. The Morgan fingerprint density at radius 3 is 2.74 bits per heavy atom. The summed E-state index contributed by atoms with van der Waals surface area (Å²) in [5.74, 6) is 0.482. The topological polar surface area (TPSA) is 132 Å². The molecule has 0 saturated heterocycles. The molecule has 1 aromatic heterocycles. The summed E-state index contributed by atoms with van der Waals surface area (Å²) in [6.45, 7) is 5.61. The lowest BCUT2D eigenvalue weighted by molar-refractivity contribution is -0.386. The van der Waals surface area contributed by atoms with Gasteiger partial charge < -0.3 is 9.47 Å². The molecule has 1 aromatic carbocycles. The van der Waals surface area contributed by atoms with Crippen molar-refractivity contribution in [3.63, 3.8) is 0 Å². The summed E-state index contributed by atoms with van der Waals surface area (Å²) in [5, 5.41) is 15.3. The van der Waals surface area contributed by atoms with Crippen molar-refractivity contribution in [1.29, 1.82) is 0 Å². The molecule has 0 amide bonds. The lowest BCUT2D eigenvalue weighted by Gasteiger charge is -2.11. The van der Waals surface area contributed by atoms with E-state index in [-0.39, 0.29) is 28.7 Å². The summed E-state index contributed by atoms with van der Waals surface area (Å²) in [5.41, 5.74) is 3.62. The number of methoxy groups -OCH3 is 1. The molecule has 0 spiro atoms. The van der Waals surface area contributed by atoms with Crippen LogP contribution in [0, 0.1) is 24.0 Å². The SMILES string of the molecule is CCCOc1c(OC)cc(/C=N\Nc2nc(C)c(C)c(=O)[nH]2)cc1[N+](=O)[O-]. The molecule has 27 heavy (non-hydrogen) atoms. The van der Waals surface area contributed by atoms with E-state index in [9.17, 15) is 14.9 Å². The Labute approximate surface area is 155 Å². The standard InChI is InChI=1S/C17H21N5O5/c1-5-6-27-15-13(22(24)25)7-12(8-14(15)26-4)9-18-21-17-19-11(3)10(2)16(23)20-17/h7-9H,5-6H2,1-4H3,(H2,19,20,21,23)/b18-9-. The molecule has 10 nitrogen and oxygen atoms in total. The third-order valence-electron chi connectivity index (χ3n) is 3.70. The van der Waals surface area contributed by atoms with Gasteiger partial charge in [0.15, 0.2) is 5.75 Å². The van der Waals surface area contributed by atoms with Crippen molar-refractivity contribution in [2.45, 2.75) is 27.2 Å². The van der Waals surface area contributed by atoms with Gasteiger partial charge in [0.2, 0.25) is 11.7 Å². The van der Waals surface area contributed by atoms with Gasteiger partial charge in [-0.1, -0.05) is 6.92 Å². The average Bonchev–Trinajstić information content (AvgIpc) is 2.64. The van der Waals surface area contributed by atoms with E-state index in [0.717, 1.165) is 0 Å². The summed E-state index contributed by atoms with van der Waals surface area (Å²) in [4.78, 5) is 29.3. The molecule has 10 heteroatoms. The summed E-state index contributed by atoms with van der Waals surface area (Å²) in [6, 6.07) is 2.90. The molecular weight excluding hydrogens is 354 g/mol. The number of hydrogen-bond acceptors (Lipinski definition) is 8. The van der Waals surface area contributed by atoms with Gasteiger partial charge in [0, 0.05) is 22.9 Å². The highest BCUT2D eigenvalue weighted by Gasteiger charge is 2.21. The second-order valence-corrected chi connectivity index (χ2v) is 5.67. The van der Waals surface area contributed by atoms with Gasteiger partial charge >= 0.3 is 5.69 Å². The number of rotatable bonds is 8. The monoisotopic (exact) mass is 375 g/mol. The van der Waals surface area contributed by atoms with Gasteiger partial charge in [0.05, 0.1) is 24.9 Å². The first-order valence-electron chi connectivity index (χ1n) is 8.23. The maximum Gasteiger partial charge on any atom is 0.315 e. The largest absolute Gasteiger partial charge is 0.493 e. The first-order valence-corrected chi connectivity index (χ1v) is 8.23. The van der Waals surface area contributed by atoms with Crippen molar-refractivity contribution >= 4 is 17.9 Å². The van der Waals surface area contributed by atoms with Crippen molar-refractivity contribution < 1.29 is 14.4 Å². The first kappa shape index (κ1) is 19.9. The Balaban J connectivity index is 2.30. The zero-order valence-electron chi connectivity index (χ0n) is 15.5. The van der Waals surface area contributed by atoms with Crippen LogP contribution < -0.4 is 20.5 Å². The van der Waals surface area contributed by atoms with Crippen LogP contribution in [0.3, 0.4) is 0 Å². The van der Waals surface area contributed by atoms with Crippen LogP contribution in [0.25, 0.3) is 0 Å². The van der Waals surface area contributed by atoms with E-state index < -0.39 is 4.92 Å². The van der Waals surface area contributed by atoms with Crippen molar-refractivity contribution in [1.82, 2.24) is 9.97 Å². The van der Waals surface area contributed by atoms with Crippen molar-refractivity contribution in [3.8, 4) is 11.5 Å². The van der Waals surface area contributed by atoms with Crippen LogP contribution in [0.5, 0.6) is 11.5 Å². The number of nitrogens with one attached hydrogen (secondary N) is 2. The minimum atomic E-state index is -0.541. The third kappa shape index (κ3) is 4.81. The molecular formula is C17H21N5O5. The fourth-order valence-electron chi connectivity index (χ4n) is 2.19. The molecule has 0 aliphatic rings. The number of nitro benzene ring substituents is 1.